The highest BCUT2D eigenvalue weighted by atomic mass is 16.3. The highest BCUT2D eigenvalue weighted by Crippen LogP contribution is 2.55. The van der Waals surface area contributed by atoms with Crippen LogP contribution in [0.3, 0.4) is 0 Å². The molecule has 2 aromatic heterocycles. The van der Waals surface area contributed by atoms with Gasteiger partial charge in [-0.15, -0.1) is 0 Å². The molecule has 4 heteroatoms. The maximum absolute atomic E-state index is 6.90. The van der Waals surface area contributed by atoms with Gasteiger partial charge < -0.3 is 18.6 Å². The van der Waals surface area contributed by atoms with E-state index < -0.39 is 0 Å². The summed E-state index contributed by atoms with van der Waals surface area (Å²) >= 11 is 0. The van der Waals surface area contributed by atoms with Crippen molar-refractivity contribution in [2.45, 2.75) is 38.5 Å². The lowest BCUT2D eigenvalue weighted by atomic mass is 9.82. The molecule has 12 aromatic carbocycles. The highest BCUT2D eigenvalue weighted by molar-refractivity contribution is 6.29. The number of para-hydroxylation sites is 4. The average Bonchev–Trinajstić information content (AvgIpc) is 4.16. The van der Waals surface area contributed by atoms with E-state index in [1.165, 1.54) is 66.1 Å². The van der Waals surface area contributed by atoms with Crippen molar-refractivity contribution in [2.75, 3.05) is 9.80 Å². The normalized spacial score (nSPS) is 14.2. The second-order valence-electron chi connectivity index (χ2n) is 21.6. The highest BCUT2D eigenvalue weighted by Gasteiger charge is 2.38. The van der Waals surface area contributed by atoms with E-state index in [0.717, 1.165) is 88.8 Å². The van der Waals surface area contributed by atoms with E-state index in [1.807, 2.05) is 0 Å². The van der Waals surface area contributed by atoms with Gasteiger partial charge in [-0.3, -0.25) is 0 Å². The molecule has 16 rings (SSSR count). The molecule has 4 nitrogen and oxygen atoms in total. The van der Waals surface area contributed by atoms with Gasteiger partial charge in [0.1, 0.15) is 11.2 Å². The monoisotopic (exact) mass is 948 g/mol. The van der Waals surface area contributed by atoms with E-state index >= 15 is 0 Å². The average molecular weight is 949 g/mol. The third-order valence-electron chi connectivity index (χ3n) is 17.0. The first kappa shape index (κ1) is 41.5. The quantitative estimate of drug-likeness (QED) is 0.156. The first-order valence-electron chi connectivity index (χ1n) is 25.8. The second-order valence-corrected chi connectivity index (χ2v) is 21.6. The first-order chi connectivity index (χ1) is 36.2. The van der Waals surface area contributed by atoms with Crippen molar-refractivity contribution in [2.24, 2.45) is 0 Å². The van der Waals surface area contributed by atoms with Crippen molar-refractivity contribution in [1.82, 2.24) is 0 Å². The summed E-state index contributed by atoms with van der Waals surface area (Å²) in [6.45, 7) is 9.44. The summed E-state index contributed by atoms with van der Waals surface area (Å²) in [4.78, 5) is 4.91. The molecule has 0 bridgehead atoms. The molecule has 0 aliphatic heterocycles. The van der Waals surface area contributed by atoms with E-state index in [4.69, 9.17) is 8.83 Å². The third-order valence-corrected chi connectivity index (χ3v) is 17.0. The molecular weight excluding hydrogens is 901 g/mol. The Kier molecular flexibility index (Phi) is 8.27. The van der Waals surface area contributed by atoms with Gasteiger partial charge in [-0.2, -0.15) is 0 Å². The van der Waals surface area contributed by atoms with Gasteiger partial charge in [0, 0.05) is 54.5 Å². The van der Waals surface area contributed by atoms with Gasteiger partial charge in [-0.1, -0.05) is 185 Å². The van der Waals surface area contributed by atoms with Crippen molar-refractivity contribution in [3.63, 3.8) is 0 Å². The fourth-order valence-electron chi connectivity index (χ4n) is 13.5. The van der Waals surface area contributed by atoms with Crippen LogP contribution in [0.15, 0.2) is 227 Å². The Hall–Kier alpha value is -9.12. The van der Waals surface area contributed by atoms with Crippen molar-refractivity contribution < 1.29 is 8.83 Å². The lowest BCUT2D eigenvalue weighted by Gasteiger charge is -2.31. The summed E-state index contributed by atoms with van der Waals surface area (Å²) in [7, 11) is 0. The van der Waals surface area contributed by atoms with Gasteiger partial charge in [0.25, 0.3) is 0 Å². The Morgan fingerprint density at radius 1 is 0.297 bits per heavy atom. The van der Waals surface area contributed by atoms with Gasteiger partial charge in [0.05, 0.1) is 22.7 Å². The molecule has 2 aliphatic carbocycles. The van der Waals surface area contributed by atoms with Crippen LogP contribution in [0.25, 0.3) is 98.4 Å². The number of hydrogen-bond acceptors (Lipinski definition) is 4. The van der Waals surface area contributed by atoms with Gasteiger partial charge in [-0.05, 0) is 127 Å². The van der Waals surface area contributed by atoms with Crippen LogP contribution in [0.5, 0.6) is 0 Å². The fraction of sp³-hybridized carbons (Fsp3) is 0.0857. The van der Waals surface area contributed by atoms with Crippen LogP contribution >= 0.6 is 0 Å². The maximum Gasteiger partial charge on any atom is 0.159 e. The minimum atomic E-state index is -0.185. The molecular formula is C70H48N2O2. The molecule has 350 valence electrons. The molecule has 74 heavy (non-hydrogen) atoms. The van der Waals surface area contributed by atoms with Crippen LogP contribution in [0, 0.1) is 0 Å². The Labute approximate surface area is 428 Å². The van der Waals surface area contributed by atoms with E-state index in [-0.39, 0.29) is 10.8 Å². The number of fused-ring (bicyclic) bond motifs is 12. The van der Waals surface area contributed by atoms with E-state index in [1.54, 1.807) is 0 Å². The van der Waals surface area contributed by atoms with Crippen molar-refractivity contribution in [3.05, 3.63) is 241 Å². The van der Waals surface area contributed by atoms with Crippen LogP contribution < -0.4 is 9.80 Å². The van der Waals surface area contributed by atoms with Crippen LogP contribution in [0.2, 0.25) is 0 Å². The number of rotatable bonds is 6. The molecule has 0 radical (unpaired) electrons. The third kappa shape index (κ3) is 5.52. The summed E-state index contributed by atoms with van der Waals surface area (Å²) < 4.78 is 13.8. The molecule has 0 fully saturated rings. The Morgan fingerprint density at radius 2 is 0.689 bits per heavy atom. The molecule has 0 amide bonds. The Morgan fingerprint density at radius 3 is 1.16 bits per heavy atom. The molecule has 0 atom stereocenters. The standard InChI is InChI=1S/C70H48N2O2/c1-69(2)55-21-9-5-15-45(55)47-33-31-43(39-57(47)69)71(61-23-13-19-51-49-17-7-11-25-63(49)73-67(51)61)59-37-29-41-27-28-42-30-38-60(54-36-35-53(59)65(41)66(42)54)72(62-24-14-20-52-50-18-8-12-26-64(50)74-68(52)62)44-32-34-48-46-16-6-10-22-56(46)70(3,4)58(48)40-44/h5-40H,1-4H3. The second kappa shape index (κ2) is 14.7. The van der Waals surface area contributed by atoms with Gasteiger partial charge in [0.15, 0.2) is 11.2 Å². The number of nitrogens with zero attached hydrogens (tertiary/aromatic N) is 2. The predicted molar refractivity (Wildman–Crippen MR) is 309 cm³/mol. The Bertz CT molecular complexity index is 4400. The summed E-state index contributed by atoms with van der Waals surface area (Å²) in [6.07, 6.45) is 0. The number of furan rings is 2. The zero-order valence-corrected chi connectivity index (χ0v) is 41.5. The summed E-state index contributed by atoms with van der Waals surface area (Å²) in [5.74, 6) is 0. The van der Waals surface area contributed by atoms with Crippen molar-refractivity contribution in [1.29, 1.82) is 0 Å². The van der Waals surface area contributed by atoms with Crippen LogP contribution in [0.1, 0.15) is 49.9 Å². The zero-order valence-electron chi connectivity index (χ0n) is 41.5. The largest absolute Gasteiger partial charge is 0.454 e. The van der Waals surface area contributed by atoms with E-state index in [9.17, 15) is 0 Å². The minimum Gasteiger partial charge on any atom is -0.454 e. The van der Waals surface area contributed by atoms with Crippen LogP contribution in [-0.4, -0.2) is 0 Å². The number of anilines is 6. The summed E-state index contributed by atoms with van der Waals surface area (Å²) in [5, 5.41) is 11.6. The molecule has 2 aliphatic rings. The smallest absolute Gasteiger partial charge is 0.159 e. The van der Waals surface area contributed by atoms with Gasteiger partial charge in [0.2, 0.25) is 0 Å². The van der Waals surface area contributed by atoms with Gasteiger partial charge in [-0.25, -0.2) is 0 Å². The number of hydrogen-bond donors (Lipinski definition) is 0. The topological polar surface area (TPSA) is 32.8 Å². The molecule has 14 aromatic rings. The van der Waals surface area contributed by atoms with Crippen LogP contribution in [-0.2, 0) is 10.8 Å². The lowest BCUT2D eigenvalue weighted by Crippen LogP contribution is -2.17. The molecule has 0 N–H and O–H groups in total. The molecule has 0 saturated carbocycles. The lowest BCUT2D eigenvalue weighted by molar-refractivity contribution is 0.660. The molecule has 0 spiro atoms. The van der Waals surface area contributed by atoms with E-state index in [0.29, 0.717) is 0 Å². The predicted octanol–water partition coefficient (Wildman–Crippen LogP) is 19.9. The van der Waals surface area contributed by atoms with Crippen molar-refractivity contribution >= 4 is 110 Å². The summed E-state index contributed by atoms with van der Waals surface area (Å²) in [6, 6.07) is 80.5. The Balaban J connectivity index is 0.957. The summed E-state index contributed by atoms with van der Waals surface area (Å²) in [5.41, 5.74) is 20.0. The van der Waals surface area contributed by atoms with Crippen molar-refractivity contribution in [3.8, 4) is 22.3 Å². The molecule has 0 unspecified atom stereocenters. The van der Waals surface area contributed by atoms with Crippen LogP contribution in [0.4, 0.5) is 34.1 Å². The maximum atomic E-state index is 6.90. The SMILES string of the molecule is CC1(C)c2ccccc2-c2ccc(N(c3ccc4ccc5ccc(N(c6ccc7c(c6)C(C)(C)c6ccccc6-7)c6cccc7c6oc6ccccc67)c6ccc3c4c56)c3cccc4c3oc3ccccc34)cc21. The number of benzene rings is 12. The van der Waals surface area contributed by atoms with E-state index in [2.05, 4.69) is 256 Å². The van der Waals surface area contributed by atoms with Gasteiger partial charge >= 0.3 is 0 Å². The zero-order chi connectivity index (χ0) is 49.2. The minimum absolute atomic E-state index is 0.185. The first-order valence-corrected chi connectivity index (χ1v) is 25.8. The molecule has 2 heterocycles. The fourth-order valence-corrected chi connectivity index (χ4v) is 13.5. The molecule has 0 saturated heterocycles.